The molecule has 37 heavy (non-hydrogen) atoms. The van der Waals surface area contributed by atoms with E-state index >= 15 is 0 Å². The quantitative estimate of drug-likeness (QED) is 0.198. The van der Waals surface area contributed by atoms with Crippen molar-refractivity contribution in [3.8, 4) is 5.75 Å². The Balaban J connectivity index is 1.54. The van der Waals surface area contributed by atoms with Gasteiger partial charge in [0.25, 0.3) is 0 Å². The van der Waals surface area contributed by atoms with Crippen LogP contribution in [0.15, 0.2) is 72.8 Å². The third kappa shape index (κ3) is 6.32. The van der Waals surface area contributed by atoms with Crippen LogP contribution < -0.4 is 14.6 Å². The maximum Gasteiger partial charge on any atom is 0.247 e. The molecule has 194 valence electrons. The van der Waals surface area contributed by atoms with Gasteiger partial charge in [0.15, 0.2) is 5.78 Å². The summed E-state index contributed by atoms with van der Waals surface area (Å²) < 4.78 is 33.1. The maximum absolute atomic E-state index is 13.5. The first-order valence-electron chi connectivity index (χ1n) is 12.4. The fourth-order valence-corrected chi connectivity index (χ4v) is 7.76. The molecule has 3 aromatic carbocycles. The summed E-state index contributed by atoms with van der Waals surface area (Å²) in [4.78, 5) is 27.4. The number of benzene rings is 3. The van der Waals surface area contributed by atoms with Gasteiger partial charge in [-0.2, -0.15) is 0 Å². The number of carbonyl (C=O) groups excluding carboxylic acids is 2. The monoisotopic (exact) mass is 522 g/mol. The van der Waals surface area contributed by atoms with Crippen LogP contribution in [0, 0.1) is 17.6 Å². The Morgan fingerprint density at radius 3 is 2.08 bits per heavy atom. The Kier molecular flexibility index (Phi) is 7.89. The number of anilines is 1. The van der Waals surface area contributed by atoms with Crippen molar-refractivity contribution >= 4 is 25.7 Å². The summed E-state index contributed by atoms with van der Waals surface area (Å²) in [5.74, 6) is 0.0766. The molecule has 0 unspecified atom stereocenters. The SMILES string of the molecule is CC(C)C[Si](C)(C)Oc1ccc([C@@H]2[C@@H](NCC(=O)c3ccc(F)cc3)C(=O)N2c2ccc(F)cc2)cc1. The number of β-lactam (4-membered cyclic amide) rings is 1. The van der Waals surface area contributed by atoms with Gasteiger partial charge in [0.1, 0.15) is 23.4 Å². The van der Waals surface area contributed by atoms with Crippen molar-refractivity contribution in [3.05, 3.63) is 95.6 Å². The predicted molar refractivity (Wildman–Crippen MR) is 143 cm³/mol. The van der Waals surface area contributed by atoms with Crippen LogP contribution in [0.4, 0.5) is 14.5 Å². The number of amides is 1. The third-order valence-electron chi connectivity index (χ3n) is 6.37. The summed E-state index contributed by atoms with van der Waals surface area (Å²) in [5.41, 5.74) is 1.80. The number of hydrogen-bond donors (Lipinski definition) is 1. The lowest BCUT2D eigenvalue weighted by Gasteiger charge is -2.47. The number of carbonyl (C=O) groups is 2. The first kappa shape index (κ1) is 26.7. The Morgan fingerprint density at radius 1 is 0.946 bits per heavy atom. The lowest BCUT2D eigenvalue weighted by atomic mass is 9.87. The average molecular weight is 523 g/mol. The zero-order chi connectivity index (χ0) is 26.7. The Labute approximate surface area is 217 Å². The zero-order valence-electron chi connectivity index (χ0n) is 21.5. The van der Waals surface area contributed by atoms with E-state index in [1.54, 1.807) is 17.0 Å². The topological polar surface area (TPSA) is 58.6 Å². The molecule has 0 bridgehead atoms. The molecule has 1 saturated heterocycles. The molecule has 8 heteroatoms. The summed E-state index contributed by atoms with van der Waals surface area (Å²) in [5, 5.41) is 3.08. The molecule has 0 radical (unpaired) electrons. The molecule has 1 fully saturated rings. The molecular formula is C29H32F2N2O3Si. The highest BCUT2D eigenvalue weighted by atomic mass is 28.4. The summed E-state index contributed by atoms with van der Waals surface area (Å²) in [6.07, 6.45) is 0. The van der Waals surface area contributed by atoms with Gasteiger partial charge < -0.3 is 9.33 Å². The molecule has 1 N–H and O–H groups in total. The second kappa shape index (κ2) is 10.9. The number of nitrogens with one attached hydrogen (secondary N) is 1. The highest BCUT2D eigenvalue weighted by Gasteiger charge is 2.48. The van der Waals surface area contributed by atoms with Crippen LogP contribution in [0.25, 0.3) is 0 Å². The van der Waals surface area contributed by atoms with Crippen molar-refractivity contribution in [2.75, 3.05) is 11.4 Å². The smallest absolute Gasteiger partial charge is 0.247 e. The van der Waals surface area contributed by atoms with E-state index in [0.717, 1.165) is 17.4 Å². The van der Waals surface area contributed by atoms with E-state index in [9.17, 15) is 18.4 Å². The molecule has 1 aliphatic rings. The molecule has 0 saturated carbocycles. The predicted octanol–water partition coefficient (Wildman–Crippen LogP) is 6.13. The molecule has 1 aliphatic heterocycles. The van der Waals surface area contributed by atoms with E-state index < -0.39 is 26.2 Å². The molecular weight excluding hydrogens is 490 g/mol. The number of ketones is 1. The van der Waals surface area contributed by atoms with Crippen LogP contribution in [0.3, 0.4) is 0 Å². The summed E-state index contributed by atoms with van der Waals surface area (Å²) in [6, 6.07) is 18.8. The minimum absolute atomic E-state index is 0.0774. The van der Waals surface area contributed by atoms with E-state index in [2.05, 4.69) is 32.3 Å². The largest absolute Gasteiger partial charge is 0.544 e. The van der Waals surface area contributed by atoms with Crippen LogP contribution in [0.5, 0.6) is 5.75 Å². The summed E-state index contributed by atoms with van der Waals surface area (Å²) in [7, 11) is -1.88. The molecule has 5 nitrogen and oxygen atoms in total. The van der Waals surface area contributed by atoms with Gasteiger partial charge in [0.05, 0.1) is 12.6 Å². The third-order valence-corrected chi connectivity index (χ3v) is 8.95. The zero-order valence-corrected chi connectivity index (χ0v) is 22.5. The number of hydrogen-bond acceptors (Lipinski definition) is 4. The van der Waals surface area contributed by atoms with Gasteiger partial charge in [-0.3, -0.25) is 14.9 Å². The van der Waals surface area contributed by atoms with Gasteiger partial charge in [-0.25, -0.2) is 8.78 Å². The number of nitrogens with zero attached hydrogens (tertiary/aromatic N) is 1. The van der Waals surface area contributed by atoms with Crippen molar-refractivity contribution in [1.82, 2.24) is 5.32 Å². The van der Waals surface area contributed by atoms with E-state index in [0.29, 0.717) is 17.2 Å². The van der Waals surface area contributed by atoms with E-state index in [-0.39, 0.29) is 24.1 Å². The number of rotatable bonds is 10. The van der Waals surface area contributed by atoms with Crippen molar-refractivity contribution in [1.29, 1.82) is 0 Å². The Hall–Kier alpha value is -3.36. The van der Waals surface area contributed by atoms with Gasteiger partial charge in [-0.05, 0) is 91.3 Å². The van der Waals surface area contributed by atoms with Gasteiger partial charge in [-0.15, -0.1) is 0 Å². The minimum Gasteiger partial charge on any atom is -0.544 e. The van der Waals surface area contributed by atoms with Crippen molar-refractivity contribution in [2.24, 2.45) is 5.92 Å². The highest BCUT2D eigenvalue weighted by molar-refractivity contribution is 6.71. The number of Topliss-reactive ketones (excluding diaryl/α,β-unsaturated/α-hetero) is 1. The standard InChI is InChI=1S/C29H32F2N2O3Si/c1-19(2)18-37(3,4)36-25-15-7-21(8-16-25)28-27(29(35)33(28)24-13-11-23(31)12-14-24)32-17-26(34)20-5-9-22(30)10-6-20/h5-16,19,27-28,32H,17-18H2,1-4H3/t27-,28-/m1/s1. The molecule has 1 heterocycles. The highest BCUT2D eigenvalue weighted by Crippen LogP contribution is 2.40. The lowest BCUT2D eigenvalue weighted by Crippen LogP contribution is -2.65. The molecule has 4 rings (SSSR count). The molecule has 0 spiro atoms. The Morgan fingerprint density at radius 2 is 1.51 bits per heavy atom. The van der Waals surface area contributed by atoms with Crippen LogP contribution in [0.1, 0.15) is 35.8 Å². The van der Waals surface area contributed by atoms with Crippen molar-refractivity contribution < 1.29 is 22.8 Å². The van der Waals surface area contributed by atoms with Crippen LogP contribution in [-0.2, 0) is 4.79 Å². The summed E-state index contributed by atoms with van der Waals surface area (Å²) in [6.45, 7) is 8.69. The van der Waals surface area contributed by atoms with E-state index in [4.69, 9.17) is 4.43 Å². The van der Waals surface area contributed by atoms with Crippen LogP contribution >= 0.6 is 0 Å². The lowest BCUT2D eigenvalue weighted by molar-refractivity contribution is -0.127. The minimum atomic E-state index is -1.88. The molecule has 0 aromatic heterocycles. The van der Waals surface area contributed by atoms with Crippen LogP contribution in [-0.4, -0.2) is 32.6 Å². The fourth-order valence-electron chi connectivity index (χ4n) is 4.94. The number of halogens is 2. The second-order valence-electron chi connectivity index (χ2n) is 10.4. The first-order valence-corrected chi connectivity index (χ1v) is 15.6. The molecule has 0 aliphatic carbocycles. The normalized spacial score (nSPS) is 17.6. The first-order chi connectivity index (χ1) is 17.5. The van der Waals surface area contributed by atoms with Gasteiger partial charge in [0, 0.05) is 11.3 Å². The van der Waals surface area contributed by atoms with Crippen molar-refractivity contribution in [2.45, 2.75) is 45.1 Å². The van der Waals surface area contributed by atoms with Crippen LogP contribution in [0.2, 0.25) is 19.1 Å². The van der Waals surface area contributed by atoms with Crippen molar-refractivity contribution in [3.63, 3.8) is 0 Å². The molecule has 2 atom stereocenters. The second-order valence-corrected chi connectivity index (χ2v) is 14.6. The van der Waals surface area contributed by atoms with E-state index in [1.165, 1.54) is 36.4 Å². The molecule has 3 aromatic rings. The molecule has 1 amide bonds. The van der Waals surface area contributed by atoms with Gasteiger partial charge in [0.2, 0.25) is 14.2 Å². The maximum atomic E-state index is 13.5. The fraction of sp³-hybridized carbons (Fsp3) is 0.310. The van der Waals surface area contributed by atoms with Gasteiger partial charge >= 0.3 is 0 Å². The van der Waals surface area contributed by atoms with E-state index in [1.807, 2.05) is 24.3 Å². The Bertz CT molecular complexity index is 1250. The summed E-state index contributed by atoms with van der Waals surface area (Å²) >= 11 is 0. The van der Waals surface area contributed by atoms with Gasteiger partial charge in [-0.1, -0.05) is 26.0 Å². The average Bonchev–Trinajstić information content (AvgIpc) is 2.83.